The maximum absolute atomic E-state index is 11.0. The van der Waals surface area contributed by atoms with Crippen LogP contribution in [0.25, 0.3) is 0 Å². The second-order valence-electron chi connectivity index (χ2n) is 4.09. The Balaban J connectivity index is 2.16. The van der Waals surface area contributed by atoms with Crippen LogP contribution in [0.1, 0.15) is 15.9 Å². The molecule has 0 heterocycles. The Morgan fingerprint density at radius 2 is 1.85 bits per heavy atom. The lowest BCUT2D eigenvalue weighted by atomic mass is 10.2. The van der Waals surface area contributed by atoms with Crippen molar-refractivity contribution in [3.63, 3.8) is 0 Å². The first-order valence-electron chi connectivity index (χ1n) is 5.88. The van der Waals surface area contributed by atoms with E-state index in [9.17, 15) is 4.79 Å². The van der Waals surface area contributed by atoms with Crippen molar-refractivity contribution in [1.29, 1.82) is 0 Å². The zero-order chi connectivity index (χ0) is 14.5. The maximum Gasteiger partial charge on any atom is 0.335 e. The van der Waals surface area contributed by atoms with Crippen LogP contribution >= 0.6 is 22.6 Å². The molecule has 2 aromatic carbocycles. The fourth-order valence-corrected chi connectivity index (χ4v) is 2.02. The van der Waals surface area contributed by atoms with Gasteiger partial charge in [0, 0.05) is 3.57 Å². The van der Waals surface area contributed by atoms with Gasteiger partial charge in [-0.2, -0.15) is 0 Å². The van der Waals surface area contributed by atoms with Crippen molar-refractivity contribution < 1.29 is 19.4 Å². The molecule has 0 fully saturated rings. The zero-order valence-electron chi connectivity index (χ0n) is 10.8. The second-order valence-corrected chi connectivity index (χ2v) is 5.33. The van der Waals surface area contributed by atoms with Gasteiger partial charge in [0.15, 0.2) is 11.5 Å². The Morgan fingerprint density at radius 1 is 1.15 bits per heavy atom. The van der Waals surface area contributed by atoms with Crippen LogP contribution in [0, 0.1) is 3.57 Å². The van der Waals surface area contributed by atoms with E-state index in [0.29, 0.717) is 18.1 Å². The summed E-state index contributed by atoms with van der Waals surface area (Å²) in [7, 11) is 1.52. The summed E-state index contributed by atoms with van der Waals surface area (Å²) in [5.74, 6) is -0.0572. The number of hydrogen-bond donors (Lipinski definition) is 1. The minimum Gasteiger partial charge on any atom is -0.493 e. The molecule has 0 saturated heterocycles. The van der Waals surface area contributed by atoms with Crippen molar-refractivity contribution in [3.8, 4) is 11.5 Å². The molecule has 0 bridgehead atoms. The Hall–Kier alpha value is -1.76. The van der Waals surface area contributed by atoms with Gasteiger partial charge in [-0.25, -0.2) is 4.79 Å². The molecule has 0 aliphatic carbocycles. The van der Waals surface area contributed by atoms with E-state index in [1.807, 2.05) is 24.3 Å². The number of aromatic carboxylic acids is 1. The monoisotopic (exact) mass is 384 g/mol. The molecule has 0 unspecified atom stereocenters. The maximum atomic E-state index is 11.0. The van der Waals surface area contributed by atoms with Gasteiger partial charge in [-0.1, -0.05) is 12.1 Å². The number of ether oxygens (including phenoxy) is 2. The molecule has 2 aromatic rings. The normalized spacial score (nSPS) is 10.1. The molecular formula is C15H13IO4. The highest BCUT2D eigenvalue weighted by atomic mass is 127. The largest absolute Gasteiger partial charge is 0.493 e. The van der Waals surface area contributed by atoms with Gasteiger partial charge in [-0.15, -0.1) is 0 Å². The molecule has 4 nitrogen and oxygen atoms in total. The van der Waals surface area contributed by atoms with Gasteiger partial charge >= 0.3 is 5.97 Å². The molecule has 0 aliphatic heterocycles. The summed E-state index contributed by atoms with van der Waals surface area (Å²) in [6, 6.07) is 12.5. The highest BCUT2D eigenvalue weighted by molar-refractivity contribution is 14.1. The number of carbonyl (C=O) groups is 1. The number of benzene rings is 2. The quantitative estimate of drug-likeness (QED) is 0.801. The van der Waals surface area contributed by atoms with Crippen LogP contribution in [-0.4, -0.2) is 18.2 Å². The molecule has 0 aliphatic rings. The fraction of sp³-hybridized carbons (Fsp3) is 0.133. The van der Waals surface area contributed by atoms with E-state index in [4.69, 9.17) is 14.6 Å². The summed E-state index contributed by atoms with van der Waals surface area (Å²) in [6.07, 6.45) is 0. The first kappa shape index (κ1) is 14.6. The number of carboxylic acids is 1. The third kappa shape index (κ3) is 3.63. The average molecular weight is 384 g/mol. The second kappa shape index (κ2) is 6.60. The van der Waals surface area contributed by atoms with Crippen LogP contribution in [0.4, 0.5) is 0 Å². The van der Waals surface area contributed by atoms with Gasteiger partial charge in [0.25, 0.3) is 0 Å². The minimum absolute atomic E-state index is 0.170. The summed E-state index contributed by atoms with van der Waals surface area (Å²) in [6.45, 7) is 0.357. The Labute approximate surface area is 130 Å². The summed E-state index contributed by atoms with van der Waals surface area (Å²) in [4.78, 5) is 11.0. The Morgan fingerprint density at radius 3 is 2.45 bits per heavy atom. The molecule has 5 heteroatoms. The van der Waals surface area contributed by atoms with Crippen molar-refractivity contribution in [3.05, 3.63) is 57.2 Å². The summed E-state index contributed by atoms with van der Waals surface area (Å²) in [5, 5.41) is 8.99. The SMILES string of the molecule is COc1ccc(C(=O)O)cc1OCc1ccc(I)cc1. The molecule has 0 atom stereocenters. The average Bonchev–Trinajstić information content (AvgIpc) is 2.46. The van der Waals surface area contributed by atoms with E-state index in [-0.39, 0.29) is 5.56 Å². The van der Waals surface area contributed by atoms with Crippen LogP contribution in [0.3, 0.4) is 0 Å². The van der Waals surface area contributed by atoms with E-state index < -0.39 is 5.97 Å². The lowest BCUT2D eigenvalue weighted by Gasteiger charge is -2.11. The Bertz CT molecular complexity index is 608. The molecule has 0 radical (unpaired) electrons. The number of carboxylic acid groups (broad SMARTS) is 1. The molecule has 20 heavy (non-hydrogen) atoms. The topological polar surface area (TPSA) is 55.8 Å². The van der Waals surface area contributed by atoms with Crippen LogP contribution in [-0.2, 0) is 6.61 Å². The van der Waals surface area contributed by atoms with Crippen molar-refractivity contribution in [2.24, 2.45) is 0 Å². The van der Waals surface area contributed by atoms with E-state index >= 15 is 0 Å². The first-order valence-corrected chi connectivity index (χ1v) is 6.96. The van der Waals surface area contributed by atoms with Gasteiger partial charge in [0.05, 0.1) is 12.7 Å². The molecule has 0 aromatic heterocycles. The van der Waals surface area contributed by atoms with Crippen LogP contribution in [0.2, 0.25) is 0 Å². The molecule has 0 amide bonds. The van der Waals surface area contributed by atoms with Gasteiger partial charge in [-0.3, -0.25) is 0 Å². The van der Waals surface area contributed by atoms with Crippen molar-refractivity contribution in [1.82, 2.24) is 0 Å². The number of halogens is 1. The molecule has 0 spiro atoms. The van der Waals surface area contributed by atoms with E-state index in [2.05, 4.69) is 22.6 Å². The predicted molar refractivity (Wildman–Crippen MR) is 83.4 cm³/mol. The van der Waals surface area contributed by atoms with E-state index in [1.54, 1.807) is 6.07 Å². The molecule has 104 valence electrons. The number of hydrogen-bond acceptors (Lipinski definition) is 3. The van der Waals surface area contributed by atoms with Crippen molar-refractivity contribution in [2.75, 3.05) is 7.11 Å². The zero-order valence-corrected chi connectivity index (χ0v) is 13.0. The van der Waals surface area contributed by atoms with Gasteiger partial charge < -0.3 is 14.6 Å². The summed E-state index contributed by atoms with van der Waals surface area (Å²) < 4.78 is 12.0. The Kier molecular flexibility index (Phi) is 4.84. The number of methoxy groups -OCH3 is 1. The predicted octanol–water partition coefficient (Wildman–Crippen LogP) is 3.58. The van der Waals surface area contributed by atoms with E-state index in [1.165, 1.54) is 19.2 Å². The van der Waals surface area contributed by atoms with Crippen molar-refractivity contribution in [2.45, 2.75) is 6.61 Å². The lowest BCUT2D eigenvalue weighted by molar-refractivity contribution is 0.0696. The van der Waals surface area contributed by atoms with Crippen LogP contribution < -0.4 is 9.47 Å². The summed E-state index contributed by atoms with van der Waals surface area (Å²) >= 11 is 2.23. The fourth-order valence-electron chi connectivity index (χ4n) is 1.66. The highest BCUT2D eigenvalue weighted by Gasteiger charge is 2.10. The standard InChI is InChI=1S/C15H13IO4/c1-19-13-7-4-11(15(17)18)8-14(13)20-9-10-2-5-12(16)6-3-10/h2-8H,9H2,1H3,(H,17,18). The highest BCUT2D eigenvalue weighted by Crippen LogP contribution is 2.28. The van der Waals surface area contributed by atoms with Crippen LogP contribution in [0.5, 0.6) is 11.5 Å². The lowest BCUT2D eigenvalue weighted by Crippen LogP contribution is -2.01. The third-order valence-electron chi connectivity index (χ3n) is 2.72. The minimum atomic E-state index is -0.994. The van der Waals surface area contributed by atoms with Crippen molar-refractivity contribution >= 4 is 28.6 Å². The van der Waals surface area contributed by atoms with Gasteiger partial charge in [0.1, 0.15) is 6.61 Å². The number of rotatable bonds is 5. The third-order valence-corrected chi connectivity index (χ3v) is 3.44. The summed E-state index contributed by atoms with van der Waals surface area (Å²) in [5.41, 5.74) is 1.18. The van der Waals surface area contributed by atoms with Gasteiger partial charge in [0.2, 0.25) is 0 Å². The smallest absolute Gasteiger partial charge is 0.335 e. The molecule has 0 saturated carbocycles. The molecule has 2 rings (SSSR count). The van der Waals surface area contributed by atoms with E-state index in [0.717, 1.165) is 9.13 Å². The molecular weight excluding hydrogens is 371 g/mol. The van der Waals surface area contributed by atoms with Gasteiger partial charge in [-0.05, 0) is 58.5 Å². The first-order chi connectivity index (χ1) is 9.60. The molecule has 1 N–H and O–H groups in total. The van der Waals surface area contributed by atoms with Crippen LogP contribution in [0.15, 0.2) is 42.5 Å².